The molecule has 0 fully saturated rings. The van der Waals surface area contributed by atoms with Gasteiger partial charge in [0.05, 0.1) is 6.04 Å². The molecule has 3 nitrogen and oxygen atoms in total. The van der Waals surface area contributed by atoms with Crippen molar-refractivity contribution in [3.63, 3.8) is 0 Å². The minimum Gasteiger partial charge on any atom is -0.342 e. The van der Waals surface area contributed by atoms with Crippen molar-refractivity contribution in [3.8, 4) is 12.3 Å². The van der Waals surface area contributed by atoms with Gasteiger partial charge in [-0.1, -0.05) is 26.2 Å². The van der Waals surface area contributed by atoms with Crippen LogP contribution < -0.4 is 11.1 Å². The Kier molecular flexibility index (Phi) is 6.87. The molecule has 80 valence electrons. The molecule has 2 atom stereocenters. The smallest absolute Gasteiger partial charge is 0.222 e. The molecule has 14 heavy (non-hydrogen) atoms. The minimum absolute atomic E-state index is 0.0456. The van der Waals surface area contributed by atoms with Crippen LogP contribution in [0.1, 0.15) is 39.5 Å². The second kappa shape index (κ2) is 7.40. The Morgan fingerprint density at radius 2 is 2.21 bits per heavy atom. The van der Waals surface area contributed by atoms with E-state index in [4.69, 9.17) is 12.2 Å². The Balaban J connectivity index is 3.86. The van der Waals surface area contributed by atoms with Crippen LogP contribution in [0.3, 0.4) is 0 Å². The number of carbonyl (C=O) groups is 1. The summed E-state index contributed by atoms with van der Waals surface area (Å²) in [7, 11) is 0. The van der Waals surface area contributed by atoms with Crippen molar-refractivity contribution in [2.24, 2.45) is 5.73 Å². The van der Waals surface area contributed by atoms with Crippen LogP contribution in [0.5, 0.6) is 0 Å². The topological polar surface area (TPSA) is 55.1 Å². The monoisotopic (exact) mass is 196 g/mol. The van der Waals surface area contributed by atoms with Crippen LogP contribution in [0.2, 0.25) is 0 Å². The number of nitrogens with one attached hydrogen (secondary N) is 1. The quantitative estimate of drug-likeness (QED) is 0.623. The summed E-state index contributed by atoms with van der Waals surface area (Å²) < 4.78 is 0. The fraction of sp³-hybridized carbons (Fsp3) is 0.727. The van der Waals surface area contributed by atoms with Crippen molar-refractivity contribution >= 4 is 5.91 Å². The van der Waals surface area contributed by atoms with Crippen LogP contribution in [-0.4, -0.2) is 18.0 Å². The predicted octanol–water partition coefficient (Wildman–Crippen LogP) is 1.03. The van der Waals surface area contributed by atoms with Gasteiger partial charge in [0.1, 0.15) is 0 Å². The lowest BCUT2D eigenvalue weighted by molar-refractivity contribution is -0.121. The Morgan fingerprint density at radius 1 is 1.57 bits per heavy atom. The third kappa shape index (κ3) is 5.60. The normalized spacial score (nSPS) is 14.1. The van der Waals surface area contributed by atoms with E-state index >= 15 is 0 Å². The molecule has 0 aromatic heterocycles. The van der Waals surface area contributed by atoms with Gasteiger partial charge in [0.25, 0.3) is 0 Å². The molecule has 0 rings (SSSR count). The van der Waals surface area contributed by atoms with E-state index in [9.17, 15) is 4.79 Å². The zero-order valence-corrected chi connectivity index (χ0v) is 9.05. The van der Waals surface area contributed by atoms with Crippen molar-refractivity contribution in [1.29, 1.82) is 0 Å². The third-order valence-electron chi connectivity index (χ3n) is 2.09. The van der Waals surface area contributed by atoms with E-state index in [1.165, 1.54) is 0 Å². The molecule has 0 saturated carbocycles. The first kappa shape index (κ1) is 13.0. The maximum atomic E-state index is 11.4. The van der Waals surface area contributed by atoms with Gasteiger partial charge in [-0.25, -0.2) is 0 Å². The average Bonchev–Trinajstić information content (AvgIpc) is 2.16. The van der Waals surface area contributed by atoms with Crippen LogP contribution in [0.4, 0.5) is 0 Å². The maximum Gasteiger partial charge on any atom is 0.222 e. The fourth-order valence-corrected chi connectivity index (χ4v) is 1.12. The van der Waals surface area contributed by atoms with E-state index in [1.54, 1.807) is 0 Å². The fourth-order valence-electron chi connectivity index (χ4n) is 1.12. The Labute approximate surface area is 86.4 Å². The van der Waals surface area contributed by atoms with Crippen LogP contribution >= 0.6 is 0 Å². The maximum absolute atomic E-state index is 11.4. The Hall–Kier alpha value is -1.01. The summed E-state index contributed by atoms with van der Waals surface area (Å²) in [5, 5.41) is 2.78. The molecule has 0 bridgehead atoms. The van der Waals surface area contributed by atoms with Gasteiger partial charge in [-0.05, 0) is 12.8 Å². The molecule has 0 saturated heterocycles. The Morgan fingerprint density at radius 3 is 2.64 bits per heavy atom. The number of terminal acetylenes is 1. The molecule has 0 aliphatic heterocycles. The summed E-state index contributed by atoms with van der Waals surface area (Å²) in [6.45, 7) is 4.00. The highest BCUT2D eigenvalue weighted by atomic mass is 16.1. The number of amides is 1. The highest BCUT2D eigenvalue weighted by Crippen LogP contribution is 1.98. The molecule has 1 amide bonds. The third-order valence-corrected chi connectivity index (χ3v) is 2.09. The van der Waals surface area contributed by atoms with Gasteiger partial charge in [-0.2, -0.15) is 0 Å². The van der Waals surface area contributed by atoms with Crippen molar-refractivity contribution in [2.45, 2.75) is 51.6 Å². The summed E-state index contributed by atoms with van der Waals surface area (Å²) in [6, 6.07) is -0.202. The van der Waals surface area contributed by atoms with Gasteiger partial charge in [0.2, 0.25) is 5.91 Å². The number of hydrogen-bond donors (Lipinski definition) is 2. The molecule has 0 aliphatic rings. The molecule has 0 spiro atoms. The van der Waals surface area contributed by atoms with Crippen LogP contribution in [0, 0.1) is 12.3 Å². The van der Waals surface area contributed by atoms with E-state index < -0.39 is 0 Å². The molecule has 3 heteroatoms. The highest BCUT2D eigenvalue weighted by Gasteiger charge is 2.11. The second-order valence-corrected chi connectivity index (χ2v) is 3.45. The van der Waals surface area contributed by atoms with E-state index in [2.05, 4.69) is 11.2 Å². The zero-order chi connectivity index (χ0) is 11.0. The van der Waals surface area contributed by atoms with Gasteiger partial charge in [0, 0.05) is 12.5 Å². The van der Waals surface area contributed by atoms with Gasteiger partial charge >= 0.3 is 0 Å². The molecule has 3 N–H and O–H groups in total. The summed E-state index contributed by atoms with van der Waals surface area (Å²) in [5.74, 6) is 2.51. The molecular weight excluding hydrogens is 176 g/mol. The molecular formula is C11H20N2O. The molecule has 0 heterocycles. The summed E-state index contributed by atoms with van der Waals surface area (Å²) in [6.07, 6.45) is 8.23. The summed E-state index contributed by atoms with van der Waals surface area (Å²) in [4.78, 5) is 11.4. The number of carbonyl (C=O) groups excluding carboxylic acids is 1. The summed E-state index contributed by atoms with van der Waals surface area (Å²) >= 11 is 0. The SMILES string of the molecule is C#CC(CCC)NC(=O)CC(N)CC. The van der Waals surface area contributed by atoms with Crippen molar-refractivity contribution < 1.29 is 4.79 Å². The van der Waals surface area contributed by atoms with E-state index in [-0.39, 0.29) is 18.0 Å². The highest BCUT2D eigenvalue weighted by molar-refractivity contribution is 5.77. The molecule has 0 aromatic carbocycles. The van der Waals surface area contributed by atoms with Gasteiger partial charge < -0.3 is 11.1 Å². The van der Waals surface area contributed by atoms with E-state index in [1.807, 2.05) is 13.8 Å². The molecule has 0 aromatic rings. The van der Waals surface area contributed by atoms with Crippen LogP contribution in [-0.2, 0) is 4.79 Å². The Bertz CT molecular complexity index is 208. The first-order valence-electron chi connectivity index (χ1n) is 5.15. The second-order valence-electron chi connectivity index (χ2n) is 3.45. The molecule has 2 unspecified atom stereocenters. The zero-order valence-electron chi connectivity index (χ0n) is 9.05. The van der Waals surface area contributed by atoms with E-state index in [0.717, 1.165) is 19.3 Å². The lowest BCUT2D eigenvalue weighted by atomic mass is 10.1. The lowest BCUT2D eigenvalue weighted by Gasteiger charge is -2.13. The first-order chi connectivity index (χ1) is 6.63. The standard InChI is InChI=1S/C11H20N2O/c1-4-7-10(6-3)13-11(14)8-9(12)5-2/h3,9-10H,4-5,7-8,12H2,1-2H3,(H,13,14). The van der Waals surface area contributed by atoms with Crippen LogP contribution in [0.25, 0.3) is 0 Å². The predicted molar refractivity (Wildman–Crippen MR) is 58.6 cm³/mol. The number of hydrogen-bond acceptors (Lipinski definition) is 2. The van der Waals surface area contributed by atoms with E-state index in [0.29, 0.717) is 6.42 Å². The van der Waals surface area contributed by atoms with Crippen LogP contribution in [0.15, 0.2) is 0 Å². The first-order valence-corrected chi connectivity index (χ1v) is 5.15. The van der Waals surface area contributed by atoms with Gasteiger partial charge in [-0.3, -0.25) is 4.79 Å². The lowest BCUT2D eigenvalue weighted by Crippen LogP contribution is -2.37. The largest absolute Gasteiger partial charge is 0.342 e. The van der Waals surface area contributed by atoms with Crippen molar-refractivity contribution in [2.75, 3.05) is 0 Å². The summed E-state index contributed by atoms with van der Waals surface area (Å²) in [5.41, 5.74) is 5.65. The number of rotatable bonds is 6. The minimum atomic E-state index is -0.142. The molecule has 0 radical (unpaired) electrons. The van der Waals surface area contributed by atoms with Gasteiger partial charge in [0.15, 0.2) is 0 Å². The van der Waals surface area contributed by atoms with Crippen molar-refractivity contribution in [1.82, 2.24) is 5.32 Å². The number of nitrogens with two attached hydrogens (primary N) is 1. The van der Waals surface area contributed by atoms with Crippen molar-refractivity contribution in [3.05, 3.63) is 0 Å². The van der Waals surface area contributed by atoms with Gasteiger partial charge in [-0.15, -0.1) is 6.42 Å². The average molecular weight is 196 g/mol. The molecule has 0 aliphatic carbocycles.